The third-order valence-corrected chi connectivity index (χ3v) is 3.95. The van der Waals surface area contributed by atoms with Crippen LogP contribution in [0.1, 0.15) is 27.2 Å². The van der Waals surface area contributed by atoms with Crippen LogP contribution in [0.2, 0.25) is 0 Å². The summed E-state index contributed by atoms with van der Waals surface area (Å²) in [4.78, 5) is 24.9. The topological polar surface area (TPSA) is 101 Å². The van der Waals surface area contributed by atoms with Crippen molar-refractivity contribution in [1.29, 1.82) is 0 Å². The normalized spacial score (nSPS) is 28.7. The van der Waals surface area contributed by atoms with Gasteiger partial charge in [0.2, 0.25) is 11.8 Å². The number of primary amides is 1. The smallest absolute Gasteiger partial charge is 0.238 e. The third-order valence-electron chi connectivity index (χ3n) is 3.95. The fourth-order valence-corrected chi connectivity index (χ4v) is 2.21. The maximum Gasteiger partial charge on any atom is 0.238 e. The van der Waals surface area contributed by atoms with Crippen molar-refractivity contribution in [3.63, 3.8) is 0 Å². The molecule has 1 fully saturated rings. The number of hydrogen-bond acceptors (Lipinski definition) is 4. The number of nitrogens with two attached hydrogens (primary N) is 2. The first kappa shape index (κ1) is 13.9. The molecule has 17 heavy (non-hydrogen) atoms. The number of rotatable bonds is 4. The Labute approximate surface area is 102 Å². The zero-order valence-electron chi connectivity index (χ0n) is 10.7. The van der Waals surface area contributed by atoms with Gasteiger partial charge in [0, 0.05) is 12.6 Å². The van der Waals surface area contributed by atoms with E-state index in [0.717, 1.165) is 13.0 Å². The summed E-state index contributed by atoms with van der Waals surface area (Å²) in [5.41, 5.74) is 7.07. The molecule has 1 aliphatic heterocycles. The van der Waals surface area contributed by atoms with E-state index in [0.29, 0.717) is 6.54 Å². The average molecular weight is 242 g/mol. The molecule has 0 aromatic carbocycles. The Morgan fingerprint density at radius 2 is 2.00 bits per heavy atom. The molecule has 0 aromatic heterocycles. The van der Waals surface area contributed by atoms with E-state index in [9.17, 15) is 9.59 Å². The predicted molar refractivity (Wildman–Crippen MR) is 64.4 cm³/mol. The van der Waals surface area contributed by atoms with Crippen LogP contribution < -0.4 is 17.0 Å². The zero-order valence-corrected chi connectivity index (χ0v) is 10.7. The summed E-state index contributed by atoms with van der Waals surface area (Å²) >= 11 is 0. The molecule has 1 rings (SSSR count). The highest BCUT2D eigenvalue weighted by atomic mass is 16.2. The van der Waals surface area contributed by atoms with Crippen LogP contribution in [0.15, 0.2) is 0 Å². The average Bonchev–Trinajstić information content (AvgIpc) is 2.70. The van der Waals surface area contributed by atoms with Gasteiger partial charge in [-0.25, -0.2) is 5.84 Å². The van der Waals surface area contributed by atoms with Crippen molar-refractivity contribution in [2.24, 2.45) is 22.9 Å². The van der Waals surface area contributed by atoms with Crippen molar-refractivity contribution in [2.75, 3.05) is 13.1 Å². The van der Waals surface area contributed by atoms with Gasteiger partial charge in [-0.2, -0.15) is 0 Å². The van der Waals surface area contributed by atoms with E-state index in [1.807, 2.05) is 20.8 Å². The summed E-state index contributed by atoms with van der Waals surface area (Å²) < 4.78 is 0. The first-order valence-electron chi connectivity index (χ1n) is 5.86. The SMILES string of the molecule is CC(C(=O)NN)C(C)N1CCC(C)(C(N)=O)C1. The molecule has 1 heterocycles. The lowest BCUT2D eigenvalue weighted by atomic mass is 9.89. The molecule has 0 spiro atoms. The van der Waals surface area contributed by atoms with Crippen molar-refractivity contribution >= 4 is 11.8 Å². The van der Waals surface area contributed by atoms with Crippen LogP contribution in [0.25, 0.3) is 0 Å². The van der Waals surface area contributed by atoms with Gasteiger partial charge in [0.05, 0.1) is 11.3 Å². The lowest BCUT2D eigenvalue weighted by molar-refractivity contribution is -0.126. The quantitative estimate of drug-likeness (QED) is 0.341. The molecular formula is C11H22N4O2. The molecular weight excluding hydrogens is 220 g/mol. The van der Waals surface area contributed by atoms with E-state index in [4.69, 9.17) is 11.6 Å². The highest BCUT2D eigenvalue weighted by Crippen LogP contribution is 2.31. The second-order valence-electron chi connectivity index (χ2n) is 5.18. The molecule has 0 aliphatic carbocycles. The Balaban J connectivity index is 2.65. The Morgan fingerprint density at radius 1 is 1.41 bits per heavy atom. The highest BCUT2D eigenvalue weighted by molar-refractivity contribution is 5.81. The van der Waals surface area contributed by atoms with E-state index < -0.39 is 5.41 Å². The Morgan fingerprint density at radius 3 is 2.41 bits per heavy atom. The van der Waals surface area contributed by atoms with Crippen molar-refractivity contribution in [3.05, 3.63) is 0 Å². The van der Waals surface area contributed by atoms with Crippen molar-refractivity contribution in [2.45, 2.75) is 33.2 Å². The first-order chi connectivity index (χ1) is 7.81. The third kappa shape index (κ3) is 2.76. The lowest BCUT2D eigenvalue weighted by Crippen LogP contribution is -2.46. The van der Waals surface area contributed by atoms with Gasteiger partial charge in [0.1, 0.15) is 0 Å². The second kappa shape index (κ2) is 5.01. The van der Waals surface area contributed by atoms with Crippen LogP contribution >= 0.6 is 0 Å². The summed E-state index contributed by atoms with van der Waals surface area (Å²) in [6.45, 7) is 7.05. The molecule has 0 aromatic rings. The largest absolute Gasteiger partial charge is 0.369 e. The number of carbonyl (C=O) groups excluding carboxylic acids is 2. The number of likely N-dealkylation sites (tertiary alicyclic amines) is 1. The fraction of sp³-hybridized carbons (Fsp3) is 0.818. The minimum atomic E-state index is -0.479. The van der Waals surface area contributed by atoms with Gasteiger partial charge in [0.25, 0.3) is 0 Å². The monoisotopic (exact) mass is 242 g/mol. The van der Waals surface area contributed by atoms with Crippen LogP contribution in [-0.4, -0.2) is 35.8 Å². The molecule has 0 bridgehead atoms. The van der Waals surface area contributed by atoms with E-state index in [2.05, 4.69) is 10.3 Å². The maximum atomic E-state index is 11.5. The zero-order chi connectivity index (χ0) is 13.2. The van der Waals surface area contributed by atoms with E-state index in [1.165, 1.54) is 0 Å². The van der Waals surface area contributed by atoms with Crippen LogP contribution in [-0.2, 0) is 9.59 Å². The van der Waals surface area contributed by atoms with Gasteiger partial charge in [-0.15, -0.1) is 0 Å². The Hall–Kier alpha value is -1.14. The number of nitrogens with zero attached hydrogens (tertiary/aromatic N) is 1. The Kier molecular flexibility index (Phi) is 4.11. The van der Waals surface area contributed by atoms with Crippen molar-refractivity contribution < 1.29 is 9.59 Å². The van der Waals surface area contributed by atoms with Crippen LogP contribution in [0.5, 0.6) is 0 Å². The Bertz CT molecular complexity index is 321. The van der Waals surface area contributed by atoms with Gasteiger partial charge in [-0.3, -0.25) is 19.9 Å². The summed E-state index contributed by atoms with van der Waals surface area (Å²) in [6.07, 6.45) is 0.740. The minimum Gasteiger partial charge on any atom is -0.369 e. The molecule has 0 saturated carbocycles. The molecule has 0 radical (unpaired) electrons. The van der Waals surface area contributed by atoms with Crippen molar-refractivity contribution in [3.8, 4) is 0 Å². The molecule has 1 aliphatic rings. The van der Waals surface area contributed by atoms with E-state index >= 15 is 0 Å². The highest BCUT2D eigenvalue weighted by Gasteiger charge is 2.41. The first-order valence-corrected chi connectivity index (χ1v) is 5.86. The number of amides is 2. The second-order valence-corrected chi connectivity index (χ2v) is 5.18. The lowest BCUT2D eigenvalue weighted by Gasteiger charge is -2.29. The molecule has 3 unspecified atom stereocenters. The maximum absolute atomic E-state index is 11.5. The number of hydrogen-bond donors (Lipinski definition) is 3. The predicted octanol–water partition coefficient (Wildman–Crippen LogP) is -0.802. The van der Waals surface area contributed by atoms with Crippen LogP contribution in [0.3, 0.4) is 0 Å². The molecule has 2 amide bonds. The van der Waals surface area contributed by atoms with Gasteiger partial charge in [0.15, 0.2) is 0 Å². The van der Waals surface area contributed by atoms with Gasteiger partial charge >= 0.3 is 0 Å². The summed E-state index contributed by atoms with van der Waals surface area (Å²) in [7, 11) is 0. The summed E-state index contributed by atoms with van der Waals surface area (Å²) in [5, 5.41) is 0. The minimum absolute atomic E-state index is 0.0414. The standard InChI is InChI=1S/C11H22N4O2/c1-7(9(16)14-13)8(2)15-5-4-11(3,6-15)10(12)17/h7-8H,4-6,13H2,1-3H3,(H2,12,17)(H,14,16). The molecule has 6 nitrogen and oxygen atoms in total. The van der Waals surface area contributed by atoms with Gasteiger partial charge in [-0.1, -0.05) is 6.92 Å². The van der Waals surface area contributed by atoms with Gasteiger partial charge in [-0.05, 0) is 26.8 Å². The van der Waals surface area contributed by atoms with Crippen LogP contribution in [0.4, 0.5) is 0 Å². The van der Waals surface area contributed by atoms with Crippen molar-refractivity contribution in [1.82, 2.24) is 10.3 Å². The number of nitrogens with one attached hydrogen (secondary N) is 1. The molecule has 6 heteroatoms. The van der Waals surface area contributed by atoms with Crippen LogP contribution in [0, 0.1) is 11.3 Å². The van der Waals surface area contributed by atoms with E-state index in [1.54, 1.807) is 0 Å². The molecule has 5 N–H and O–H groups in total. The summed E-state index contributed by atoms with van der Waals surface area (Å²) in [5.74, 6) is 4.44. The number of carbonyl (C=O) groups is 2. The molecule has 98 valence electrons. The fourth-order valence-electron chi connectivity index (χ4n) is 2.21. The van der Waals surface area contributed by atoms with E-state index in [-0.39, 0.29) is 23.8 Å². The summed E-state index contributed by atoms with van der Waals surface area (Å²) in [6, 6.07) is 0.0414. The molecule has 3 atom stereocenters. The van der Waals surface area contributed by atoms with Gasteiger partial charge < -0.3 is 5.73 Å². The molecule has 1 saturated heterocycles. The number of hydrazine groups is 1.